The number of amidine groups is 1. The lowest BCUT2D eigenvalue weighted by Crippen LogP contribution is -2.18. The molecule has 0 radical (unpaired) electrons. The number of nitrogens with zero attached hydrogens (tertiary/aromatic N) is 3. The van der Waals surface area contributed by atoms with E-state index in [0.29, 0.717) is 31.9 Å². The Morgan fingerprint density at radius 3 is 2.95 bits per heavy atom. The van der Waals surface area contributed by atoms with Gasteiger partial charge < -0.3 is 9.72 Å². The number of hydrogen-bond donors (Lipinski definition) is 1. The lowest BCUT2D eigenvalue weighted by molar-refractivity contribution is 0.415. The quantitative estimate of drug-likeness (QED) is 0.862. The zero-order valence-corrected chi connectivity index (χ0v) is 12.7. The highest BCUT2D eigenvalue weighted by Gasteiger charge is 2.26. The van der Waals surface area contributed by atoms with Crippen LogP contribution in [0, 0.1) is 0 Å². The highest BCUT2D eigenvalue weighted by atomic mass is 35.5. The highest BCUT2D eigenvalue weighted by Crippen LogP contribution is 2.31. The second kappa shape index (κ2) is 5.37. The van der Waals surface area contributed by atoms with Crippen LogP contribution < -0.4 is 10.2 Å². The van der Waals surface area contributed by atoms with Crippen LogP contribution in [0.3, 0.4) is 0 Å². The van der Waals surface area contributed by atoms with Gasteiger partial charge in [0.1, 0.15) is 15.8 Å². The van der Waals surface area contributed by atoms with Crippen molar-refractivity contribution in [3.8, 4) is 5.75 Å². The number of aromatic nitrogens is 1. The van der Waals surface area contributed by atoms with Gasteiger partial charge in [0.05, 0.1) is 36.5 Å². The van der Waals surface area contributed by atoms with Crippen LogP contribution in [0.5, 0.6) is 5.75 Å². The summed E-state index contributed by atoms with van der Waals surface area (Å²) in [5, 5.41) is 9.71. The van der Waals surface area contributed by atoms with Gasteiger partial charge in [0.15, 0.2) is 5.43 Å². The molecule has 1 aliphatic heterocycles. The Balaban J connectivity index is 2.09. The van der Waals surface area contributed by atoms with Gasteiger partial charge in [-0.15, -0.1) is 4.90 Å². The number of thioether (sulfide) groups is 1. The first-order chi connectivity index (χ1) is 10.1. The number of nitrogens with one attached hydrogen (secondary N) is 1. The maximum Gasteiger partial charge on any atom is 0.347 e. The summed E-state index contributed by atoms with van der Waals surface area (Å²) >= 11 is 7.53. The molecule has 0 atom stereocenters. The summed E-state index contributed by atoms with van der Waals surface area (Å²) < 4.78 is 5.17. The van der Waals surface area contributed by atoms with Gasteiger partial charge >= 0.3 is 11.5 Å². The van der Waals surface area contributed by atoms with Crippen molar-refractivity contribution in [1.29, 1.82) is 0 Å². The maximum atomic E-state index is 12.2. The van der Waals surface area contributed by atoms with Crippen LogP contribution in [0.1, 0.15) is 0 Å². The zero-order valence-electron chi connectivity index (χ0n) is 11.2. The number of methoxy groups -OCH3 is 1. The van der Waals surface area contributed by atoms with Crippen molar-refractivity contribution < 1.29 is 4.74 Å². The van der Waals surface area contributed by atoms with Gasteiger partial charge in [0.25, 0.3) is 0 Å². The largest absolute Gasteiger partial charge is 0.495 e. The molecule has 0 bridgehead atoms. The Hall–Kier alpha value is -2.08. The molecule has 1 aromatic carbocycles. The molecule has 0 aliphatic carbocycles. The standard InChI is InChI=1S/C13H9ClN4O2S/c1-18-6-15-17-13(18)21-10-5-8(19)7-3-4-9(20-2)11(14)12(7)16-10/h3-5H,1-2H3/p+1. The van der Waals surface area contributed by atoms with Gasteiger partial charge in [-0.1, -0.05) is 11.6 Å². The van der Waals surface area contributed by atoms with E-state index in [1.165, 1.54) is 24.9 Å². The summed E-state index contributed by atoms with van der Waals surface area (Å²) in [5.41, 5.74) is 0.416. The Kier molecular flexibility index (Phi) is 3.55. The summed E-state index contributed by atoms with van der Waals surface area (Å²) in [5.74, 6) is 0.508. The van der Waals surface area contributed by atoms with Crippen molar-refractivity contribution in [3.63, 3.8) is 0 Å². The Morgan fingerprint density at radius 1 is 1.48 bits per heavy atom. The predicted molar refractivity (Wildman–Crippen MR) is 84.6 cm³/mol. The molecule has 0 spiro atoms. The molecule has 1 aromatic heterocycles. The average molecular weight is 322 g/mol. The minimum atomic E-state index is -0.123. The number of benzene rings is 1. The lowest BCUT2D eigenvalue weighted by Gasteiger charge is -2.07. The Labute approximate surface area is 129 Å². The monoisotopic (exact) mass is 321 g/mol. The van der Waals surface area contributed by atoms with Crippen molar-refractivity contribution in [1.82, 2.24) is 9.88 Å². The van der Waals surface area contributed by atoms with E-state index >= 15 is 0 Å². The molecule has 21 heavy (non-hydrogen) atoms. The van der Waals surface area contributed by atoms with Gasteiger partial charge in [0, 0.05) is 16.6 Å². The third-order valence-corrected chi connectivity index (χ3v) is 4.27. The molecule has 0 saturated carbocycles. The van der Waals surface area contributed by atoms with Crippen molar-refractivity contribution >= 4 is 45.8 Å². The normalized spacial score (nSPS) is 13.5. The fourth-order valence-electron chi connectivity index (χ4n) is 1.88. The first-order valence-electron chi connectivity index (χ1n) is 5.94. The van der Waals surface area contributed by atoms with Gasteiger partial charge in [-0.2, -0.15) is 0 Å². The van der Waals surface area contributed by atoms with Crippen molar-refractivity contribution in [2.45, 2.75) is 5.03 Å². The average Bonchev–Trinajstić information content (AvgIpc) is 2.86. The molecular weight excluding hydrogens is 312 g/mol. The van der Waals surface area contributed by atoms with Crippen molar-refractivity contribution in [2.75, 3.05) is 14.2 Å². The number of hydrogen-bond acceptors (Lipinski definition) is 6. The summed E-state index contributed by atoms with van der Waals surface area (Å²) in [7, 11) is 3.30. The van der Waals surface area contributed by atoms with E-state index < -0.39 is 0 Å². The molecular formula is C13H10ClN4O2S+. The van der Waals surface area contributed by atoms with E-state index in [4.69, 9.17) is 16.3 Å². The molecule has 0 amide bonds. The summed E-state index contributed by atoms with van der Waals surface area (Å²) in [6.45, 7) is 0. The van der Waals surface area contributed by atoms with E-state index in [1.807, 2.05) is 0 Å². The summed E-state index contributed by atoms with van der Waals surface area (Å²) in [4.78, 5) is 17.0. The third kappa shape index (κ3) is 2.47. The number of ether oxygens (including phenoxy) is 1. The summed E-state index contributed by atoms with van der Waals surface area (Å²) in [6.07, 6.45) is 2.67. The second-order valence-corrected chi connectivity index (χ2v) is 5.63. The van der Waals surface area contributed by atoms with Gasteiger partial charge in [-0.3, -0.25) is 4.79 Å². The number of halogens is 1. The second-order valence-electron chi connectivity index (χ2n) is 4.25. The van der Waals surface area contributed by atoms with Gasteiger partial charge in [0.2, 0.25) is 0 Å². The van der Waals surface area contributed by atoms with Crippen LogP contribution in [0.4, 0.5) is 0 Å². The lowest BCUT2D eigenvalue weighted by atomic mass is 10.2. The van der Waals surface area contributed by atoms with Crippen LogP contribution in [0.2, 0.25) is 5.02 Å². The highest BCUT2D eigenvalue weighted by molar-refractivity contribution is 8.13. The number of rotatable bonds is 2. The molecule has 0 saturated heterocycles. The molecule has 106 valence electrons. The van der Waals surface area contributed by atoms with Crippen molar-refractivity contribution in [2.24, 2.45) is 10.2 Å². The molecule has 6 nitrogen and oxygen atoms in total. The van der Waals surface area contributed by atoms with Crippen LogP contribution in [0.25, 0.3) is 10.9 Å². The van der Waals surface area contributed by atoms with E-state index in [-0.39, 0.29) is 5.43 Å². The molecule has 1 aliphatic rings. The van der Waals surface area contributed by atoms with Crippen LogP contribution in [-0.4, -0.2) is 35.5 Å². The van der Waals surface area contributed by atoms with Crippen LogP contribution in [-0.2, 0) is 0 Å². The smallest absolute Gasteiger partial charge is 0.347 e. The summed E-state index contributed by atoms with van der Waals surface area (Å²) in [6, 6.07) is 4.86. The molecule has 3 rings (SSSR count). The molecule has 1 N–H and O–H groups in total. The molecule has 8 heteroatoms. The van der Waals surface area contributed by atoms with E-state index in [1.54, 1.807) is 24.1 Å². The van der Waals surface area contributed by atoms with Gasteiger partial charge in [-0.25, -0.2) is 0 Å². The van der Waals surface area contributed by atoms with Gasteiger partial charge in [-0.05, 0) is 12.1 Å². The minimum Gasteiger partial charge on any atom is -0.495 e. The SMILES string of the molecule is COc1ccc2c(=O)cc(SC3=NN=[C+]N3C)[nH]c2c1Cl. The first-order valence-corrected chi connectivity index (χ1v) is 7.14. The predicted octanol–water partition coefficient (Wildman–Crippen LogP) is 2.40. The number of pyridine rings is 1. The fraction of sp³-hybridized carbons (Fsp3) is 0.154. The number of fused-ring (bicyclic) bond motifs is 1. The molecule has 0 unspecified atom stereocenters. The molecule has 0 fully saturated rings. The van der Waals surface area contributed by atoms with Crippen LogP contribution >= 0.6 is 23.4 Å². The van der Waals surface area contributed by atoms with Crippen molar-refractivity contribution in [3.05, 3.63) is 33.4 Å². The number of H-pyrrole nitrogens is 1. The Bertz CT molecular complexity index is 831. The van der Waals surface area contributed by atoms with E-state index in [2.05, 4.69) is 21.5 Å². The molecule has 2 aromatic rings. The minimum absolute atomic E-state index is 0.123. The molecule has 2 heterocycles. The first kappa shape index (κ1) is 13.9. The fourth-order valence-corrected chi connectivity index (χ4v) is 2.95. The number of aromatic amines is 1. The third-order valence-electron chi connectivity index (χ3n) is 2.92. The van der Waals surface area contributed by atoms with E-state index in [0.717, 1.165) is 0 Å². The van der Waals surface area contributed by atoms with Crippen LogP contribution in [0.15, 0.2) is 38.2 Å². The topological polar surface area (TPSA) is 70.0 Å². The maximum absolute atomic E-state index is 12.2. The zero-order chi connectivity index (χ0) is 15.0. The van der Waals surface area contributed by atoms with E-state index in [9.17, 15) is 4.79 Å². The Morgan fingerprint density at radius 2 is 2.29 bits per heavy atom.